The van der Waals surface area contributed by atoms with E-state index >= 15 is 0 Å². The van der Waals surface area contributed by atoms with Crippen molar-refractivity contribution in [1.29, 1.82) is 0 Å². The first-order chi connectivity index (χ1) is 8.34. The first-order valence-electron chi connectivity index (χ1n) is 6.66. The summed E-state index contributed by atoms with van der Waals surface area (Å²) in [5.74, 6) is 0. The van der Waals surface area contributed by atoms with Crippen molar-refractivity contribution in [3.63, 3.8) is 0 Å². The van der Waals surface area contributed by atoms with Gasteiger partial charge in [-0.05, 0) is 25.3 Å². The lowest BCUT2D eigenvalue weighted by molar-refractivity contribution is 0.0603. The van der Waals surface area contributed by atoms with Crippen molar-refractivity contribution < 1.29 is 4.74 Å². The molecule has 1 aliphatic carbocycles. The highest BCUT2D eigenvalue weighted by Crippen LogP contribution is 2.20. The molecule has 0 unspecified atom stereocenters. The highest BCUT2D eigenvalue weighted by atomic mass is 16.5. The minimum absolute atomic E-state index is 0.533. The van der Waals surface area contributed by atoms with Crippen LogP contribution in [0.2, 0.25) is 0 Å². The summed E-state index contributed by atoms with van der Waals surface area (Å²) in [6, 6.07) is 0. The van der Waals surface area contributed by atoms with E-state index < -0.39 is 0 Å². The van der Waals surface area contributed by atoms with E-state index in [1.165, 1.54) is 31.2 Å². The third-order valence-corrected chi connectivity index (χ3v) is 3.21. The van der Waals surface area contributed by atoms with Crippen LogP contribution in [0.1, 0.15) is 31.2 Å². The van der Waals surface area contributed by atoms with E-state index in [9.17, 15) is 0 Å². The fourth-order valence-corrected chi connectivity index (χ4v) is 2.26. The van der Waals surface area contributed by atoms with E-state index in [1.54, 1.807) is 0 Å². The van der Waals surface area contributed by atoms with Crippen LogP contribution in [0.25, 0.3) is 0 Å². The summed E-state index contributed by atoms with van der Waals surface area (Å²) >= 11 is 0. The number of hydrogen-bond acceptors (Lipinski definition) is 3. The quantitative estimate of drug-likeness (QED) is 0.734. The molecular formula is C13H23N3O. The molecule has 1 aromatic heterocycles. The Labute approximate surface area is 103 Å². The number of nitrogens with one attached hydrogen (secondary N) is 1. The fourth-order valence-electron chi connectivity index (χ4n) is 2.26. The van der Waals surface area contributed by atoms with Crippen LogP contribution in [0.4, 0.5) is 0 Å². The maximum atomic E-state index is 5.77. The average molecular weight is 237 g/mol. The topological polar surface area (TPSA) is 39.1 Å². The molecule has 0 atom stereocenters. The van der Waals surface area contributed by atoms with Gasteiger partial charge in [-0.3, -0.25) is 4.68 Å². The summed E-state index contributed by atoms with van der Waals surface area (Å²) < 4.78 is 7.75. The SMILES string of the molecule is Cc1cnn(CCNCCOC2CCCC2)c1. The Morgan fingerprint density at radius 1 is 1.41 bits per heavy atom. The van der Waals surface area contributed by atoms with Gasteiger partial charge in [-0.15, -0.1) is 0 Å². The van der Waals surface area contributed by atoms with Gasteiger partial charge in [-0.1, -0.05) is 12.8 Å². The average Bonchev–Trinajstić information content (AvgIpc) is 2.95. The zero-order chi connectivity index (χ0) is 11.9. The van der Waals surface area contributed by atoms with Gasteiger partial charge in [0.1, 0.15) is 0 Å². The second-order valence-corrected chi connectivity index (χ2v) is 4.81. The van der Waals surface area contributed by atoms with Gasteiger partial charge in [0.2, 0.25) is 0 Å². The van der Waals surface area contributed by atoms with Crippen molar-refractivity contribution in [2.45, 2.75) is 45.3 Å². The van der Waals surface area contributed by atoms with E-state index in [0.29, 0.717) is 6.10 Å². The minimum Gasteiger partial charge on any atom is -0.377 e. The van der Waals surface area contributed by atoms with Gasteiger partial charge >= 0.3 is 0 Å². The van der Waals surface area contributed by atoms with Crippen LogP contribution in [0.3, 0.4) is 0 Å². The van der Waals surface area contributed by atoms with Gasteiger partial charge in [0, 0.05) is 19.3 Å². The highest BCUT2D eigenvalue weighted by Gasteiger charge is 2.14. The lowest BCUT2D eigenvalue weighted by Crippen LogP contribution is -2.25. The number of aryl methyl sites for hydroxylation is 1. The fraction of sp³-hybridized carbons (Fsp3) is 0.769. The molecule has 4 nitrogen and oxygen atoms in total. The second kappa shape index (κ2) is 6.77. The van der Waals surface area contributed by atoms with Gasteiger partial charge in [0.05, 0.1) is 25.5 Å². The van der Waals surface area contributed by atoms with Crippen LogP contribution >= 0.6 is 0 Å². The van der Waals surface area contributed by atoms with Crippen molar-refractivity contribution in [2.24, 2.45) is 0 Å². The molecule has 0 radical (unpaired) electrons. The largest absolute Gasteiger partial charge is 0.377 e. The number of ether oxygens (including phenoxy) is 1. The maximum Gasteiger partial charge on any atom is 0.0594 e. The van der Waals surface area contributed by atoms with E-state index in [2.05, 4.69) is 23.5 Å². The number of aromatic nitrogens is 2. The molecule has 96 valence electrons. The molecule has 1 heterocycles. The normalized spacial score (nSPS) is 16.8. The minimum atomic E-state index is 0.533. The number of hydrogen-bond donors (Lipinski definition) is 1. The smallest absolute Gasteiger partial charge is 0.0594 e. The van der Waals surface area contributed by atoms with Crippen LogP contribution in [0, 0.1) is 6.92 Å². The highest BCUT2D eigenvalue weighted by molar-refractivity contribution is 4.99. The van der Waals surface area contributed by atoms with Gasteiger partial charge < -0.3 is 10.1 Å². The van der Waals surface area contributed by atoms with Gasteiger partial charge in [0.15, 0.2) is 0 Å². The third kappa shape index (κ3) is 4.48. The molecule has 0 amide bonds. The third-order valence-electron chi connectivity index (χ3n) is 3.21. The van der Waals surface area contributed by atoms with Gasteiger partial charge in [-0.25, -0.2) is 0 Å². The van der Waals surface area contributed by atoms with Crippen molar-refractivity contribution in [3.05, 3.63) is 18.0 Å². The zero-order valence-corrected chi connectivity index (χ0v) is 10.7. The molecule has 1 aliphatic rings. The second-order valence-electron chi connectivity index (χ2n) is 4.81. The predicted molar refractivity (Wildman–Crippen MR) is 68.0 cm³/mol. The molecule has 0 spiro atoms. The van der Waals surface area contributed by atoms with Gasteiger partial charge in [-0.2, -0.15) is 5.10 Å². The number of rotatable bonds is 7. The van der Waals surface area contributed by atoms with Crippen molar-refractivity contribution in [2.75, 3.05) is 19.7 Å². The van der Waals surface area contributed by atoms with Crippen LogP contribution in [-0.2, 0) is 11.3 Å². The van der Waals surface area contributed by atoms with E-state index in [-0.39, 0.29) is 0 Å². The van der Waals surface area contributed by atoms with Crippen LogP contribution in [0.15, 0.2) is 12.4 Å². The van der Waals surface area contributed by atoms with Crippen LogP contribution in [0.5, 0.6) is 0 Å². The Hall–Kier alpha value is -0.870. The summed E-state index contributed by atoms with van der Waals surface area (Å²) in [6.07, 6.45) is 9.69. The summed E-state index contributed by atoms with van der Waals surface area (Å²) in [7, 11) is 0. The van der Waals surface area contributed by atoms with Crippen LogP contribution < -0.4 is 5.32 Å². The monoisotopic (exact) mass is 237 g/mol. The number of nitrogens with zero attached hydrogens (tertiary/aromatic N) is 2. The van der Waals surface area contributed by atoms with Gasteiger partial charge in [0.25, 0.3) is 0 Å². The Morgan fingerprint density at radius 3 is 2.94 bits per heavy atom. The Morgan fingerprint density at radius 2 is 2.24 bits per heavy atom. The lowest BCUT2D eigenvalue weighted by Gasteiger charge is -2.11. The molecule has 0 aliphatic heterocycles. The van der Waals surface area contributed by atoms with Crippen molar-refractivity contribution >= 4 is 0 Å². The molecular weight excluding hydrogens is 214 g/mol. The summed E-state index contributed by atoms with van der Waals surface area (Å²) in [5, 5.41) is 7.62. The van der Waals surface area contributed by atoms with E-state index in [1.807, 2.05) is 10.9 Å². The Bertz CT molecular complexity index is 318. The van der Waals surface area contributed by atoms with E-state index in [4.69, 9.17) is 4.74 Å². The standard InChI is InChI=1S/C13H23N3O/c1-12-10-15-16(11-12)8-6-14-7-9-17-13-4-2-3-5-13/h10-11,13-14H,2-9H2,1H3. The molecule has 0 aromatic carbocycles. The molecule has 1 aromatic rings. The predicted octanol–water partition coefficient (Wildman–Crippen LogP) is 1.74. The zero-order valence-electron chi connectivity index (χ0n) is 10.7. The Balaban J connectivity index is 1.46. The summed E-state index contributed by atoms with van der Waals surface area (Å²) in [5.41, 5.74) is 1.22. The maximum absolute atomic E-state index is 5.77. The summed E-state index contributed by atoms with van der Waals surface area (Å²) in [4.78, 5) is 0. The molecule has 1 N–H and O–H groups in total. The van der Waals surface area contributed by atoms with Crippen molar-refractivity contribution in [3.8, 4) is 0 Å². The first kappa shape index (κ1) is 12.6. The summed E-state index contributed by atoms with van der Waals surface area (Å²) in [6.45, 7) is 5.72. The molecule has 4 heteroatoms. The van der Waals surface area contributed by atoms with E-state index in [0.717, 1.165) is 26.2 Å². The van der Waals surface area contributed by atoms with Crippen LogP contribution in [-0.4, -0.2) is 35.6 Å². The molecule has 1 fully saturated rings. The lowest BCUT2D eigenvalue weighted by atomic mass is 10.3. The molecule has 0 saturated heterocycles. The van der Waals surface area contributed by atoms with Crippen molar-refractivity contribution in [1.82, 2.24) is 15.1 Å². The molecule has 2 rings (SSSR count). The molecule has 0 bridgehead atoms. The molecule has 1 saturated carbocycles. The molecule has 17 heavy (non-hydrogen) atoms. The first-order valence-corrected chi connectivity index (χ1v) is 6.66. The Kier molecular flexibility index (Phi) is 5.01.